The van der Waals surface area contributed by atoms with Gasteiger partial charge >= 0.3 is 6.09 Å². The van der Waals surface area contributed by atoms with Gasteiger partial charge in [-0.1, -0.05) is 49.7 Å². The number of benzene rings is 2. The van der Waals surface area contributed by atoms with Crippen molar-refractivity contribution in [1.29, 1.82) is 0 Å². The molecule has 0 saturated heterocycles. The molecule has 1 amide bonds. The molecule has 2 rings (SSSR count). The van der Waals surface area contributed by atoms with Gasteiger partial charge in [0.2, 0.25) is 0 Å². The highest BCUT2D eigenvalue weighted by molar-refractivity contribution is 5.66. The van der Waals surface area contributed by atoms with E-state index in [0.717, 1.165) is 41.9 Å². The molecule has 0 radical (unpaired) electrons. The highest BCUT2D eigenvalue weighted by Gasteiger charge is 2.02. The Morgan fingerprint density at radius 3 is 2.59 bits per heavy atom. The minimum Gasteiger partial charge on any atom is -0.494 e. The Balaban J connectivity index is 2.04. The van der Waals surface area contributed by atoms with E-state index in [1.54, 1.807) is 0 Å². The summed E-state index contributed by atoms with van der Waals surface area (Å²) in [5.41, 5.74) is 3.10. The van der Waals surface area contributed by atoms with Gasteiger partial charge < -0.3 is 15.2 Å². The zero-order valence-electron chi connectivity index (χ0n) is 12.7. The van der Waals surface area contributed by atoms with E-state index in [9.17, 15) is 4.79 Å². The quantitative estimate of drug-likeness (QED) is 0.749. The molecule has 0 aromatic heterocycles. The number of nitrogens with one attached hydrogen (secondary N) is 1. The number of ether oxygens (including phenoxy) is 1. The van der Waals surface area contributed by atoms with E-state index < -0.39 is 6.09 Å². The van der Waals surface area contributed by atoms with Crippen LogP contribution in [0, 0.1) is 0 Å². The lowest BCUT2D eigenvalue weighted by atomic mass is 10.0. The third-order valence-corrected chi connectivity index (χ3v) is 3.33. The van der Waals surface area contributed by atoms with Crippen molar-refractivity contribution in [2.24, 2.45) is 0 Å². The predicted octanol–water partition coefficient (Wildman–Crippen LogP) is 4.30. The van der Waals surface area contributed by atoms with E-state index in [-0.39, 0.29) is 0 Å². The molecule has 0 heterocycles. The summed E-state index contributed by atoms with van der Waals surface area (Å²) in [6.45, 7) is 3.19. The maximum atomic E-state index is 10.5. The topological polar surface area (TPSA) is 58.6 Å². The number of rotatable bonds is 7. The number of carbonyl (C=O) groups is 1. The summed E-state index contributed by atoms with van der Waals surface area (Å²) >= 11 is 0. The zero-order valence-corrected chi connectivity index (χ0v) is 12.7. The van der Waals surface area contributed by atoms with Gasteiger partial charge in [0.05, 0.1) is 6.61 Å². The van der Waals surface area contributed by atoms with Crippen molar-refractivity contribution in [3.05, 3.63) is 54.1 Å². The molecule has 0 spiro atoms. The number of amides is 1. The molecule has 116 valence electrons. The van der Waals surface area contributed by atoms with Crippen molar-refractivity contribution in [2.45, 2.75) is 26.3 Å². The summed E-state index contributed by atoms with van der Waals surface area (Å²) in [5, 5.41) is 11.0. The highest BCUT2D eigenvalue weighted by Crippen LogP contribution is 2.24. The van der Waals surface area contributed by atoms with Gasteiger partial charge in [0.1, 0.15) is 5.75 Å². The minimum absolute atomic E-state index is 0.315. The molecule has 2 N–H and O–H groups in total. The van der Waals surface area contributed by atoms with Gasteiger partial charge in [0.25, 0.3) is 0 Å². The zero-order chi connectivity index (χ0) is 15.8. The fraction of sp³-hybridized carbons (Fsp3) is 0.278. The van der Waals surface area contributed by atoms with E-state index in [1.165, 1.54) is 0 Å². The number of hydrogen-bond acceptors (Lipinski definition) is 2. The number of carboxylic acid groups (broad SMARTS) is 1. The van der Waals surface area contributed by atoms with Gasteiger partial charge in [0.15, 0.2) is 0 Å². The molecule has 2 aromatic carbocycles. The van der Waals surface area contributed by atoms with Gasteiger partial charge in [0, 0.05) is 6.54 Å². The van der Waals surface area contributed by atoms with Gasteiger partial charge in [-0.25, -0.2) is 4.79 Å². The molecule has 0 aliphatic carbocycles. The van der Waals surface area contributed by atoms with Crippen LogP contribution in [0.2, 0.25) is 0 Å². The smallest absolute Gasteiger partial charge is 0.404 e. The Bertz CT molecular complexity index is 608. The fourth-order valence-corrected chi connectivity index (χ4v) is 2.09. The Labute approximate surface area is 130 Å². The molecular weight excluding hydrogens is 278 g/mol. The lowest BCUT2D eigenvalue weighted by Crippen LogP contribution is -2.19. The Morgan fingerprint density at radius 2 is 1.91 bits per heavy atom. The van der Waals surface area contributed by atoms with Crippen LogP contribution in [0.25, 0.3) is 11.1 Å². The van der Waals surface area contributed by atoms with Crippen molar-refractivity contribution in [3.63, 3.8) is 0 Å². The summed E-state index contributed by atoms with van der Waals surface area (Å²) in [6.07, 6.45) is 1.15. The average Bonchev–Trinajstić information content (AvgIpc) is 2.54. The van der Waals surface area contributed by atoms with Crippen LogP contribution in [-0.2, 0) is 6.54 Å². The monoisotopic (exact) mass is 299 g/mol. The van der Waals surface area contributed by atoms with Crippen LogP contribution in [0.1, 0.15) is 25.3 Å². The SMILES string of the molecule is CCCCOc1cccc(-c2ccc(CNC(=O)O)cc2)c1. The normalized spacial score (nSPS) is 10.2. The van der Waals surface area contributed by atoms with Crippen LogP contribution in [0.5, 0.6) is 5.75 Å². The Hall–Kier alpha value is -2.49. The second-order valence-corrected chi connectivity index (χ2v) is 5.09. The molecule has 4 heteroatoms. The van der Waals surface area contributed by atoms with Gasteiger partial charge in [-0.2, -0.15) is 0 Å². The molecule has 4 nitrogen and oxygen atoms in total. The standard InChI is InChI=1S/C18H21NO3/c1-2-3-11-22-17-6-4-5-16(12-17)15-9-7-14(8-10-15)13-19-18(20)21/h4-10,12,19H,2-3,11,13H2,1H3,(H,20,21). The molecule has 0 unspecified atom stereocenters. The number of hydrogen-bond donors (Lipinski definition) is 2. The van der Waals surface area contributed by atoms with Gasteiger partial charge in [-0.15, -0.1) is 0 Å². The van der Waals surface area contributed by atoms with Crippen molar-refractivity contribution in [3.8, 4) is 16.9 Å². The first kappa shape index (κ1) is 15.9. The van der Waals surface area contributed by atoms with Crippen LogP contribution in [0.4, 0.5) is 4.79 Å². The maximum absolute atomic E-state index is 10.5. The van der Waals surface area contributed by atoms with Crippen molar-refractivity contribution in [2.75, 3.05) is 6.61 Å². The van der Waals surface area contributed by atoms with Crippen LogP contribution >= 0.6 is 0 Å². The third-order valence-electron chi connectivity index (χ3n) is 3.33. The Kier molecular flexibility index (Phi) is 5.83. The largest absolute Gasteiger partial charge is 0.494 e. The lowest BCUT2D eigenvalue weighted by Gasteiger charge is -2.08. The molecule has 0 fully saturated rings. The van der Waals surface area contributed by atoms with E-state index in [4.69, 9.17) is 9.84 Å². The molecule has 0 bridgehead atoms. The molecule has 0 saturated carbocycles. The Morgan fingerprint density at radius 1 is 1.14 bits per heavy atom. The fourth-order valence-electron chi connectivity index (χ4n) is 2.09. The average molecular weight is 299 g/mol. The summed E-state index contributed by atoms with van der Waals surface area (Å²) in [5.74, 6) is 0.877. The molecule has 0 aliphatic heterocycles. The van der Waals surface area contributed by atoms with Crippen LogP contribution in [0.3, 0.4) is 0 Å². The van der Waals surface area contributed by atoms with Crippen molar-refractivity contribution >= 4 is 6.09 Å². The first-order valence-electron chi connectivity index (χ1n) is 7.48. The van der Waals surface area contributed by atoms with Gasteiger partial charge in [-0.3, -0.25) is 0 Å². The third kappa shape index (κ3) is 4.81. The molecule has 22 heavy (non-hydrogen) atoms. The molecule has 0 atom stereocenters. The number of unbranched alkanes of at least 4 members (excludes halogenated alkanes) is 1. The summed E-state index contributed by atoms with van der Waals surface area (Å²) in [6, 6.07) is 15.8. The molecule has 2 aromatic rings. The first-order valence-corrected chi connectivity index (χ1v) is 7.48. The van der Waals surface area contributed by atoms with Crippen LogP contribution in [0.15, 0.2) is 48.5 Å². The van der Waals surface area contributed by atoms with Crippen LogP contribution in [-0.4, -0.2) is 17.8 Å². The second kappa shape index (κ2) is 8.08. The van der Waals surface area contributed by atoms with E-state index in [0.29, 0.717) is 6.54 Å². The van der Waals surface area contributed by atoms with Crippen molar-refractivity contribution in [1.82, 2.24) is 5.32 Å². The lowest BCUT2D eigenvalue weighted by molar-refractivity contribution is 0.194. The summed E-state index contributed by atoms with van der Waals surface area (Å²) in [7, 11) is 0. The summed E-state index contributed by atoms with van der Waals surface area (Å²) < 4.78 is 5.72. The van der Waals surface area contributed by atoms with E-state index >= 15 is 0 Å². The van der Waals surface area contributed by atoms with E-state index in [1.807, 2.05) is 48.5 Å². The minimum atomic E-state index is -1.01. The predicted molar refractivity (Wildman–Crippen MR) is 87.1 cm³/mol. The second-order valence-electron chi connectivity index (χ2n) is 5.09. The van der Waals surface area contributed by atoms with Crippen molar-refractivity contribution < 1.29 is 14.6 Å². The molecular formula is C18H21NO3. The maximum Gasteiger partial charge on any atom is 0.404 e. The highest BCUT2D eigenvalue weighted by atomic mass is 16.5. The van der Waals surface area contributed by atoms with Crippen LogP contribution < -0.4 is 10.1 Å². The summed E-state index contributed by atoms with van der Waals surface area (Å²) in [4.78, 5) is 10.5. The molecule has 0 aliphatic rings. The van der Waals surface area contributed by atoms with E-state index in [2.05, 4.69) is 12.2 Å². The van der Waals surface area contributed by atoms with Gasteiger partial charge in [-0.05, 0) is 35.2 Å². The first-order chi connectivity index (χ1) is 10.7.